The van der Waals surface area contributed by atoms with Crippen molar-refractivity contribution in [1.82, 2.24) is 19.7 Å². The summed E-state index contributed by atoms with van der Waals surface area (Å²) in [7, 11) is 0. The predicted molar refractivity (Wildman–Crippen MR) is 147 cm³/mol. The van der Waals surface area contributed by atoms with Crippen molar-refractivity contribution in [3.63, 3.8) is 0 Å². The van der Waals surface area contributed by atoms with E-state index in [1.54, 1.807) is 0 Å². The molecule has 0 bridgehead atoms. The van der Waals surface area contributed by atoms with Gasteiger partial charge in [-0.1, -0.05) is 78.9 Å². The van der Waals surface area contributed by atoms with Crippen LogP contribution in [0.3, 0.4) is 0 Å². The van der Waals surface area contributed by atoms with E-state index in [1.165, 1.54) is 5.56 Å². The van der Waals surface area contributed by atoms with Crippen LogP contribution in [0.5, 0.6) is 0 Å². The van der Waals surface area contributed by atoms with Gasteiger partial charge in [-0.15, -0.1) is 0 Å². The Balaban J connectivity index is 1.17. The van der Waals surface area contributed by atoms with E-state index in [-0.39, 0.29) is 30.4 Å². The topological polar surface area (TPSA) is 59.7 Å². The summed E-state index contributed by atoms with van der Waals surface area (Å²) in [5, 5.41) is 1.15. The number of para-hydroxylation sites is 1. The maximum Gasteiger partial charge on any atom is 0.246 e. The van der Waals surface area contributed by atoms with E-state index in [1.807, 2.05) is 46.2 Å². The Kier molecular flexibility index (Phi) is 5.77. The Labute approximate surface area is 222 Å². The number of carbonyl (C=O) groups excluding carboxylic acids is 2. The maximum absolute atomic E-state index is 14.1. The van der Waals surface area contributed by atoms with Crippen LogP contribution >= 0.6 is 0 Å². The predicted octanol–water partition coefficient (Wildman–Crippen LogP) is 4.52. The van der Waals surface area contributed by atoms with E-state index in [2.05, 4.69) is 58.4 Å². The summed E-state index contributed by atoms with van der Waals surface area (Å²) in [6, 6.07) is 28.3. The molecule has 3 aliphatic heterocycles. The molecule has 0 saturated carbocycles. The van der Waals surface area contributed by atoms with Crippen molar-refractivity contribution in [3.8, 4) is 0 Å². The number of H-pyrrole nitrogens is 1. The summed E-state index contributed by atoms with van der Waals surface area (Å²) < 4.78 is 0. The van der Waals surface area contributed by atoms with E-state index in [0.717, 1.165) is 60.2 Å². The highest BCUT2D eigenvalue weighted by Crippen LogP contribution is 2.43. The summed E-state index contributed by atoms with van der Waals surface area (Å²) in [4.78, 5) is 37.8. The van der Waals surface area contributed by atoms with Gasteiger partial charge in [-0.3, -0.25) is 14.5 Å². The van der Waals surface area contributed by atoms with Crippen LogP contribution in [0.2, 0.25) is 0 Å². The van der Waals surface area contributed by atoms with E-state index in [0.29, 0.717) is 6.42 Å². The first kappa shape index (κ1) is 23.2. The lowest BCUT2D eigenvalue weighted by Crippen LogP contribution is -2.65. The second-order valence-corrected chi connectivity index (χ2v) is 10.9. The van der Waals surface area contributed by atoms with Crippen molar-refractivity contribution in [2.75, 3.05) is 19.6 Å². The lowest BCUT2D eigenvalue weighted by Gasteiger charge is -2.49. The number of amides is 2. The van der Waals surface area contributed by atoms with Crippen LogP contribution in [0.25, 0.3) is 10.9 Å². The number of benzene rings is 3. The van der Waals surface area contributed by atoms with Crippen molar-refractivity contribution in [2.45, 2.75) is 43.9 Å². The van der Waals surface area contributed by atoms with Gasteiger partial charge in [0.2, 0.25) is 11.8 Å². The second kappa shape index (κ2) is 9.44. The third-order valence-electron chi connectivity index (χ3n) is 8.66. The van der Waals surface area contributed by atoms with Crippen molar-refractivity contribution in [3.05, 3.63) is 107 Å². The first-order chi connectivity index (χ1) is 18.7. The monoisotopic (exact) mass is 504 g/mol. The molecule has 4 aromatic rings. The zero-order valence-corrected chi connectivity index (χ0v) is 21.4. The number of nitrogens with zero attached hydrogens (tertiary/aromatic N) is 3. The number of carbonyl (C=O) groups is 2. The molecule has 7 rings (SSSR count). The summed E-state index contributed by atoms with van der Waals surface area (Å²) in [5.74, 6) is 0.141. The fourth-order valence-corrected chi connectivity index (χ4v) is 6.81. The third-order valence-corrected chi connectivity index (χ3v) is 8.66. The van der Waals surface area contributed by atoms with Gasteiger partial charge in [-0.25, -0.2) is 0 Å². The maximum atomic E-state index is 14.1. The van der Waals surface area contributed by atoms with Gasteiger partial charge >= 0.3 is 0 Å². The zero-order chi connectivity index (χ0) is 25.6. The molecule has 0 spiro atoms. The highest BCUT2D eigenvalue weighted by atomic mass is 16.2. The molecule has 0 radical (unpaired) electrons. The highest BCUT2D eigenvalue weighted by Gasteiger charge is 2.49. The molecule has 0 aliphatic carbocycles. The van der Waals surface area contributed by atoms with Gasteiger partial charge in [0, 0.05) is 48.7 Å². The minimum atomic E-state index is -0.476. The molecule has 192 valence electrons. The summed E-state index contributed by atoms with van der Waals surface area (Å²) >= 11 is 0. The van der Waals surface area contributed by atoms with Crippen LogP contribution in [0.4, 0.5) is 0 Å². The van der Waals surface area contributed by atoms with Crippen molar-refractivity contribution in [1.29, 1.82) is 0 Å². The molecule has 6 nitrogen and oxygen atoms in total. The van der Waals surface area contributed by atoms with E-state index in [9.17, 15) is 9.59 Å². The van der Waals surface area contributed by atoms with Gasteiger partial charge in [0.05, 0.1) is 6.04 Å². The molecule has 2 saturated heterocycles. The first-order valence-corrected chi connectivity index (χ1v) is 13.7. The molecule has 6 heteroatoms. The first-order valence-electron chi connectivity index (χ1n) is 13.7. The average molecular weight is 505 g/mol. The average Bonchev–Trinajstić information content (AvgIpc) is 3.34. The number of hydrogen-bond donors (Lipinski definition) is 1. The smallest absolute Gasteiger partial charge is 0.246 e. The SMILES string of the molecule is O=C1[C@@H]2Cc3c([nH]c4ccccc34)C(c3ccccc3)N2C(=O)CN1C1CCN(Cc2ccccc2)CC1. The number of piperazine rings is 1. The molecule has 3 aromatic carbocycles. The third kappa shape index (κ3) is 3.91. The number of rotatable bonds is 4. The number of hydrogen-bond acceptors (Lipinski definition) is 3. The number of likely N-dealkylation sites (tertiary alicyclic amines) is 1. The lowest BCUT2D eigenvalue weighted by atomic mass is 9.85. The molecule has 2 fully saturated rings. The normalized spacial score (nSPS) is 22.5. The van der Waals surface area contributed by atoms with Crippen LogP contribution < -0.4 is 0 Å². The van der Waals surface area contributed by atoms with Gasteiger partial charge in [0.1, 0.15) is 12.6 Å². The fraction of sp³-hybridized carbons (Fsp3) is 0.312. The standard InChI is InChI=1S/C32H32N4O2/c37-29-21-35(24-15-17-34(18-16-24)20-22-9-3-1-4-10-22)32(38)28-19-26-25-13-7-8-14-27(25)33-30(26)31(36(28)29)23-11-5-2-6-12-23/h1-14,24,28,31,33H,15-21H2/t28-,31?/m0/s1. The molecule has 1 unspecified atom stereocenters. The van der Waals surface area contributed by atoms with Crippen LogP contribution in [-0.4, -0.2) is 63.2 Å². The number of nitrogens with one attached hydrogen (secondary N) is 1. The fourth-order valence-electron chi connectivity index (χ4n) is 6.81. The Bertz CT molecular complexity index is 1470. The molecule has 4 heterocycles. The molecule has 1 aromatic heterocycles. The molecule has 1 N–H and O–H groups in total. The largest absolute Gasteiger partial charge is 0.356 e. The Morgan fingerprint density at radius 3 is 2.26 bits per heavy atom. The minimum Gasteiger partial charge on any atom is -0.356 e. The van der Waals surface area contributed by atoms with Crippen LogP contribution in [0, 0.1) is 0 Å². The van der Waals surface area contributed by atoms with Crippen molar-refractivity contribution in [2.24, 2.45) is 0 Å². The number of fused-ring (bicyclic) bond motifs is 4. The number of aromatic amines is 1. The van der Waals surface area contributed by atoms with Crippen molar-refractivity contribution >= 4 is 22.7 Å². The highest BCUT2D eigenvalue weighted by molar-refractivity contribution is 5.97. The summed E-state index contributed by atoms with van der Waals surface area (Å²) in [5.41, 5.74) is 5.61. The zero-order valence-electron chi connectivity index (χ0n) is 21.4. The number of piperidine rings is 1. The van der Waals surface area contributed by atoms with E-state index in [4.69, 9.17) is 0 Å². The van der Waals surface area contributed by atoms with Crippen molar-refractivity contribution < 1.29 is 9.59 Å². The van der Waals surface area contributed by atoms with Crippen LogP contribution in [0.1, 0.15) is 41.3 Å². The minimum absolute atomic E-state index is 0.0412. The molecular weight excluding hydrogens is 472 g/mol. The van der Waals surface area contributed by atoms with Crippen LogP contribution in [0.15, 0.2) is 84.9 Å². The molecule has 2 amide bonds. The van der Waals surface area contributed by atoms with Gasteiger partial charge in [-0.2, -0.15) is 0 Å². The Morgan fingerprint density at radius 1 is 0.816 bits per heavy atom. The molecule has 38 heavy (non-hydrogen) atoms. The van der Waals surface area contributed by atoms with E-state index < -0.39 is 6.04 Å². The van der Waals surface area contributed by atoms with Gasteiger partial charge in [0.15, 0.2) is 0 Å². The van der Waals surface area contributed by atoms with Gasteiger partial charge in [-0.05, 0) is 35.6 Å². The second-order valence-electron chi connectivity index (χ2n) is 10.9. The Morgan fingerprint density at radius 2 is 1.50 bits per heavy atom. The van der Waals surface area contributed by atoms with E-state index >= 15 is 0 Å². The van der Waals surface area contributed by atoms with Gasteiger partial charge < -0.3 is 14.8 Å². The Hall–Kier alpha value is -3.90. The van der Waals surface area contributed by atoms with Crippen LogP contribution in [-0.2, 0) is 22.6 Å². The van der Waals surface area contributed by atoms with Gasteiger partial charge in [0.25, 0.3) is 0 Å². The quantitative estimate of drug-likeness (QED) is 0.445. The molecule has 2 atom stereocenters. The lowest BCUT2D eigenvalue weighted by molar-refractivity contribution is -0.161. The molecular formula is C32H32N4O2. The summed E-state index contributed by atoms with van der Waals surface area (Å²) in [6.45, 7) is 2.97. The molecule has 3 aliphatic rings. The summed E-state index contributed by atoms with van der Waals surface area (Å²) in [6.07, 6.45) is 2.36. The number of aromatic nitrogens is 1.